The molecule has 0 aromatic carbocycles. The Hall–Kier alpha value is -0.630. The number of aromatic nitrogens is 2. The van der Waals surface area contributed by atoms with Gasteiger partial charge in [0.25, 0.3) is 5.91 Å². The average Bonchev–Trinajstić information content (AvgIpc) is 2.51. The van der Waals surface area contributed by atoms with Crippen LogP contribution in [0.4, 0.5) is 0 Å². The Kier molecular flexibility index (Phi) is 3.87. The molecule has 1 heterocycles. The first-order valence-electron chi connectivity index (χ1n) is 4.26. The van der Waals surface area contributed by atoms with Crippen molar-refractivity contribution in [2.24, 2.45) is 11.8 Å². The summed E-state index contributed by atoms with van der Waals surface area (Å²) in [5.41, 5.74) is 2.15. The van der Waals surface area contributed by atoms with Gasteiger partial charge < -0.3 is 0 Å². The summed E-state index contributed by atoms with van der Waals surface area (Å²) in [6, 6.07) is -0.344. The molecule has 1 atom stereocenters. The van der Waals surface area contributed by atoms with Gasteiger partial charge in [-0.25, -0.2) is 5.84 Å². The van der Waals surface area contributed by atoms with Gasteiger partial charge in [-0.2, -0.15) is 5.10 Å². The normalized spacial score (nSPS) is 12.9. The van der Waals surface area contributed by atoms with Crippen molar-refractivity contribution < 1.29 is 4.79 Å². The highest BCUT2D eigenvalue weighted by molar-refractivity contribution is 14.1. The number of halogens is 1. The van der Waals surface area contributed by atoms with Gasteiger partial charge in [0.2, 0.25) is 0 Å². The molecule has 1 rings (SSSR count). The number of nitrogens with zero attached hydrogens (tertiary/aromatic N) is 2. The van der Waals surface area contributed by atoms with E-state index in [9.17, 15) is 4.79 Å². The SMILES string of the molecule is CC(C)C(C(=O)NN)n1cc(I)cn1. The minimum Gasteiger partial charge on any atom is -0.292 e. The van der Waals surface area contributed by atoms with Crippen LogP contribution < -0.4 is 11.3 Å². The number of carbonyl (C=O) groups is 1. The van der Waals surface area contributed by atoms with Gasteiger partial charge in [-0.15, -0.1) is 0 Å². The summed E-state index contributed by atoms with van der Waals surface area (Å²) in [5.74, 6) is 5.04. The summed E-state index contributed by atoms with van der Waals surface area (Å²) >= 11 is 2.15. The lowest BCUT2D eigenvalue weighted by Crippen LogP contribution is -2.39. The van der Waals surface area contributed by atoms with Crippen LogP contribution in [0.2, 0.25) is 0 Å². The van der Waals surface area contributed by atoms with Gasteiger partial charge >= 0.3 is 0 Å². The Labute approximate surface area is 96.1 Å². The van der Waals surface area contributed by atoms with Gasteiger partial charge in [0.05, 0.1) is 9.77 Å². The van der Waals surface area contributed by atoms with E-state index in [2.05, 4.69) is 33.1 Å². The van der Waals surface area contributed by atoms with Gasteiger partial charge in [0.15, 0.2) is 0 Å². The van der Waals surface area contributed by atoms with E-state index < -0.39 is 0 Å². The van der Waals surface area contributed by atoms with Crippen molar-refractivity contribution in [3.63, 3.8) is 0 Å². The number of nitrogens with two attached hydrogens (primary N) is 1. The molecule has 0 aliphatic heterocycles. The molecule has 6 heteroatoms. The van der Waals surface area contributed by atoms with Crippen LogP contribution in [0.1, 0.15) is 19.9 Å². The second-order valence-corrected chi connectivity index (χ2v) is 4.58. The number of hydrogen-bond donors (Lipinski definition) is 2. The highest BCUT2D eigenvalue weighted by atomic mass is 127. The lowest BCUT2D eigenvalue weighted by atomic mass is 10.0. The summed E-state index contributed by atoms with van der Waals surface area (Å²) in [6.07, 6.45) is 3.53. The lowest BCUT2D eigenvalue weighted by molar-refractivity contribution is -0.125. The Balaban J connectivity index is 2.94. The van der Waals surface area contributed by atoms with Crippen molar-refractivity contribution in [1.29, 1.82) is 0 Å². The summed E-state index contributed by atoms with van der Waals surface area (Å²) in [5, 5.41) is 4.10. The van der Waals surface area contributed by atoms with Crippen LogP contribution in [0, 0.1) is 9.49 Å². The van der Waals surface area contributed by atoms with E-state index in [4.69, 9.17) is 5.84 Å². The third-order valence-corrected chi connectivity index (χ3v) is 2.45. The summed E-state index contributed by atoms with van der Waals surface area (Å²) in [7, 11) is 0. The number of amides is 1. The van der Waals surface area contributed by atoms with Crippen LogP contribution in [0.5, 0.6) is 0 Å². The molecule has 0 aliphatic rings. The minimum atomic E-state index is -0.344. The maximum Gasteiger partial charge on any atom is 0.258 e. The fourth-order valence-corrected chi connectivity index (χ4v) is 1.69. The van der Waals surface area contributed by atoms with Crippen molar-refractivity contribution in [2.75, 3.05) is 0 Å². The number of rotatable bonds is 3. The maximum absolute atomic E-state index is 11.5. The molecule has 3 N–H and O–H groups in total. The van der Waals surface area contributed by atoms with Crippen molar-refractivity contribution in [3.05, 3.63) is 16.0 Å². The molecular formula is C8H13IN4O. The van der Waals surface area contributed by atoms with Crippen LogP contribution in [-0.4, -0.2) is 15.7 Å². The molecule has 0 bridgehead atoms. The highest BCUT2D eigenvalue weighted by Gasteiger charge is 2.23. The zero-order valence-corrected chi connectivity index (χ0v) is 10.2. The average molecular weight is 308 g/mol. The first-order chi connectivity index (χ1) is 6.56. The highest BCUT2D eigenvalue weighted by Crippen LogP contribution is 2.17. The first kappa shape index (κ1) is 11.4. The number of hydrazine groups is 1. The molecule has 0 radical (unpaired) electrons. The number of hydrogen-bond acceptors (Lipinski definition) is 3. The van der Waals surface area contributed by atoms with Gasteiger partial charge in [-0.1, -0.05) is 13.8 Å². The van der Waals surface area contributed by atoms with E-state index in [1.165, 1.54) is 0 Å². The minimum absolute atomic E-state index is 0.147. The van der Waals surface area contributed by atoms with Crippen molar-refractivity contribution in [3.8, 4) is 0 Å². The van der Waals surface area contributed by atoms with E-state index in [1.807, 2.05) is 20.0 Å². The predicted octanol–water partition coefficient (Wildman–Crippen LogP) is 0.675. The summed E-state index contributed by atoms with van der Waals surface area (Å²) < 4.78 is 2.63. The third kappa shape index (κ3) is 2.44. The maximum atomic E-state index is 11.5. The topological polar surface area (TPSA) is 72.9 Å². The molecule has 0 saturated heterocycles. The molecule has 1 unspecified atom stereocenters. The van der Waals surface area contributed by atoms with Crippen molar-refractivity contribution >= 4 is 28.5 Å². The van der Waals surface area contributed by atoms with Gasteiger partial charge in [0, 0.05) is 6.20 Å². The van der Waals surface area contributed by atoms with Crippen LogP contribution in [0.15, 0.2) is 12.4 Å². The zero-order valence-electron chi connectivity index (χ0n) is 8.07. The molecular weight excluding hydrogens is 295 g/mol. The van der Waals surface area contributed by atoms with Crippen LogP contribution in [0.3, 0.4) is 0 Å². The van der Waals surface area contributed by atoms with Crippen molar-refractivity contribution in [2.45, 2.75) is 19.9 Å². The molecule has 1 amide bonds. The molecule has 78 valence electrons. The molecule has 0 aliphatic carbocycles. The lowest BCUT2D eigenvalue weighted by Gasteiger charge is -2.19. The van der Waals surface area contributed by atoms with Crippen LogP contribution >= 0.6 is 22.6 Å². The monoisotopic (exact) mass is 308 g/mol. The van der Waals surface area contributed by atoms with Gasteiger partial charge in [-0.3, -0.25) is 14.9 Å². The Bertz CT molecular complexity index is 323. The molecule has 0 fully saturated rings. The van der Waals surface area contributed by atoms with Crippen LogP contribution in [0.25, 0.3) is 0 Å². The Morgan fingerprint density at radius 1 is 1.71 bits per heavy atom. The molecule has 5 nitrogen and oxygen atoms in total. The predicted molar refractivity (Wildman–Crippen MR) is 61.1 cm³/mol. The van der Waals surface area contributed by atoms with E-state index in [-0.39, 0.29) is 17.9 Å². The molecule has 0 saturated carbocycles. The molecule has 14 heavy (non-hydrogen) atoms. The standard InChI is InChI=1S/C8H13IN4O/c1-5(2)7(8(14)12-10)13-4-6(9)3-11-13/h3-5,7H,10H2,1-2H3,(H,12,14). The van der Waals surface area contributed by atoms with E-state index in [0.717, 1.165) is 3.57 Å². The fourth-order valence-electron chi connectivity index (χ4n) is 1.28. The van der Waals surface area contributed by atoms with E-state index in [0.29, 0.717) is 0 Å². The molecule has 1 aromatic heterocycles. The Morgan fingerprint density at radius 2 is 2.36 bits per heavy atom. The second kappa shape index (κ2) is 4.74. The zero-order chi connectivity index (χ0) is 10.7. The molecule has 0 spiro atoms. The number of carbonyl (C=O) groups excluding carboxylic acids is 1. The van der Waals surface area contributed by atoms with Gasteiger partial charge in [-0.05, 0) is 28.5 Å². The summed E-state index contributed by atoms with van der Waals surface area (Å²) in [4.78, 5) is 11.5. The number of nitrogens with one attached hydrogen (secondary N) is 1. The smallest absolute Gasteiger partial charge is 0.258 e. The third-order valence-electron chi connectivity index (χ3n) is 1.90. The van der Waals surface area contributed by atoms with Gasteiger partial charge in [0.1, 0.15) is 6.04 Å². The largest absolute Gasteiger partial charge is 0.292 e. The molecule has 1 aromatic rings. The Morgan fingerprint density at radius 3 is 2.71 bits per heavy atom. The quantitative estimate of drug-likeness (QED) is 0.373. The second-order valence-electron chi connectivity index (χ2n) is 3.34. The summed E-state index contributed by atoms with van der Waals surface area (Å²) in [6.45, 7) is 3.91. The van der Waals surface area contributed by atoms with Crippen LogP contribution in [-0.2, 0) is 4.79 Å². The van der Waals surface area contributed by atoms with Crippen molar-refractivity contribution in [1.82, 2.24) is 15.2 Å². The fraction of sp³-hybridized carbons (Fsp3) is 0.500. The van der Waals surface area contributed by atoms with E-state index in [1.54, 1.807) is 10.9 Å². The van der Waals surface area contributed by atoms with E-state index >= 15 is 0 Å². The first-order valence-corrected chi connectivity index (χ1v) is 5.34.